The van der Waals surface area contributed by atoms with Gasteiger partial charge < -0.3 is 4.90 Å². The number of hydrogen-bond donors (Lipinski definition) is 0. The molecular formula is C21H18ClN3. The summed E-state index contributed by atoms with van der Waals surface area (Å²) in [4.78, 5) is 7.11. The average molecular weight is 348 g/mol. The van der Waals surface area contributed by atoms with Crippen molar-refractivity contribution in [1.29, 1.82) is 5.26 Å². The Balaban J connectivity index is 2.08. The van der Waals surface area contributed by atoms with E-state index in [0.29, 0.717) is 16.6 Å². The van der Waals surface area contributed by atoms with E-state index in [2.05, 4.69) is 17.9 Å². The topological polar surface area (TPSA) is 39.9 Å². The molecule has 2 aromatic carbocycles. The van der Waals surface area contributed by atoms with E-state index in [4.69, 9.17) is 16.6 Å². The SMILES string of the molecule is CC1CCCN1c1nc2ccc(Cl)cc2c(-c2ccccc2)c1C#N. The molecule has 1 saturated heterocycles. The third-order valence-electron chi connectivity index (χ3n) is 4.93. The molecule has 0 bridgehead atoms. The van der Waals surface area contributed by atoms with E-state index in [-0.39, 0.29) is 0 Å². The van der Waals surface area contributed by atoms with Crippen molar-refractivity contribution < 1.29 is 0 Å². The Hall–Kier alpha value is -2.57. The van der Waals surface area contributed by atoms with Gasteiger partial charge in [-0.1, -0.05) is 41.9 Å². The van der Waals surface area contributed by atoms with Crippen molar-refractivity contribution in [3.8, 4) is 17.2 Å². The third-order valence-corrected chi connectivity index (χ3v) is 5.16. The quantitative estimate of drug-likeness (QED) is 0.621. The minimum atomic E-state index is 0.396. The van der Waals surface area contributed by atoms with Crippen LogP contribution in [-0.4, -0.2) is 17.6 Å². The van der Waals surface area contributed by atoms with Crippen molar-refractivity contribution in [1.82, 2.24) is 4.98 Å². The van der Waals surface area contributed by atoms with Gasteiger partial charge >= 0.3 is 0 Å². The van der Waals surface area contributed by atoms with Crippen LogP contribution in [0.4, 0.5) is 5.82 Å². The van der Waals surface area contributed by atoms with E-state index >= 15 is 0 Å². The Bertz CT molecular complexity index is 976. The predicted octanol–water partition coefficient (Wildman–Crippen LogP) is 5.42. The Morgan fingerprint density at radius 3 is 2.68 bits per heavy atom. The molecule has 25 heavy (non-hydrogen) atoms. The maximum Gasteiger partial charge on any atom is 0.148 e. The molecule has 1 fully saturated rings. The summed E-state index contributed by atoms with van der Waals surface area (Å²) in [6.07, 6.45) is 2.26. The molecule has 1 aromatic heterocycles. The highest BCUT2D eigenvalue weighted by molar-refractivity contribution is 6.31. The Morgan fingerprint density at radius 2 is 2.00 bits per heavy atom. The minimum Gasteiger partial charge on any atom is -0.353 e. The predicted molar refractivity (Wildman–Crippen MR) is 103 cm³/mol. The maximum atomic E-state index is 9.99. The lowest BCUT2D eigenvalue weighted by Crippen LogP contribution is -2.28. The van der Waals surface area contributed by atoms with E-state index in [1.54, 1.807) is 0 Å². The number of anilines is 1. The lowest BCUT2D eigenvalue weighted by atomic mass is 9.96. The summed E-state index contributed by atoms with van der Waals surface area (Å²) in [5, 5.41) is 11.6. The van der Waals surface area contributed by atoms with E-state index in [1.165, 1.54) is 0 Å². The molecule has 2 heterocycles. The molecule has 1 aliphatic rings. The van der Waals surface area contributed by atoms with Crippen LogP contribution < -0.4 is 4.90 Å². The van der Waals surface area contributed by atoms with Gasteiger partial charge in [0.15, 0.2) is 0 Å². The molecule has 124 valence electrons. The second-order valence-electron chi connectivity index (χ2n) is 6.51. The Labute approximate surface area is 152 Å². The van der Waals surface area contributed by atoms with Crippen molar-refractivity contribution >= 4 is 28.3 Å². The summed E-state index contributed by atoms with van der Waals surface area (Å²) >= 11 is 6.24. The van der Waals surface area contributed by atoms with Gasteiger partial charge in [-0.2, -0.15) is 5.26 Å². The average Bonchev–Trinajstić information content (AvgIpc) is 3.06. The van der Waals surface area contributed by atoms with Crippen LogP contribution in [0.5, 0.6) is 0 Å². The highest BCUT2D eigenvalue weighted by Gasteiger charge is 2.27. The number of nitrogens with zero attached hydrogens (tertiary/aromatic N) is 3. The fourth-order valence-corrected chi connectivity index (χ4v) is 3.86. The molecular weight excluding hydrogens is 330 g/mol. The molecule has 0 aliphatic carbocycles. The molecule has 0 saturated carbocycles. The zero-order chi connectivity index (χ0) is 17.4. The molecule has 3 nitrogen and oxygen atoms in total. The standard InChI is InChI=1S/C21H18ClN3/c1-14-6-5-11-25(14)21-18(13-23)20(15-7-3-2-4-8-15)17-12-16(22)9-10-19(17)24-21/h2-4,7-10,12,14H,5-6,11H2,1H3. The van der Waals surface area contributed by atoms with Gasteiger partial charge in [-0.25, -0.2) is 4.98 Å². The normalized spacial score (nSPS) is 17.0. The second kappa shape index (κ2) is 6.38. The molecule has 4 heteroatoms. The van der Waals surface area contributed by atoms with Crippen molar-refractivity contribution in [2.24, 2.45) is 0 Å². The van der Waals surface area contributed by atoms with Gasteiger partial charge in [-0.15, -0.1) is 0 Å². The molecule has 3 aromatic rings. The van der Waals surface area contributed by atoms with Gasteiger partial charge in [0.2, 0.25) is 0 Å². The smallest absolute Gasteiger partial charge is 0.148 e. The molecule has 1 aliphatic heterocycles. The summed E-state index contributed by atoms with van der Waals surface area (Å²) in [6, 6.07) is 18.6. The lowest BCUT2D eigenvalue weighted by Gasteiger charge is -2.25. The van der Waals surface area contributed by atoms with E-state index in [1.807, 2.05) is 48.5 Å². The van der Waals surface area contributed by atoms with Crippen LogP contribution in [0.1, 0.15) is 25.3 Å². The molecule has 0 amide bonds. The monoisotopic (exact) mass is 347 g/mol. The van der Waals surface area contributed by atoms with Gasteiger partial charge in [-0.3, -0.25) is 0 Å². The van der Waals surface area contributed by atoms with Crippen LogP contribution in [0.3, 0.4) is 0 Å². The van der Waals surface area contributed by atoms with E-state index in [9.17, 15) is 5.26 Å². The number of hydrogen-bond acceptors (Lipinski definition) is 3. The number of halogens is 1. The first-order chi connectivity index (χ1) is 12.2. The maximum absolute atomic E-state index is 9.99. The van der Waals surface area contributed by atoms with Crippen LogP contribution in [0.25, 0.3) is 22.0 Å². The Morgan fingerprint density at radius 1 is 1.20 bits per heavy atom. The van der Waals surface area contributed by atoms with Gasteiger partial charge in [0.05, 0.1) is 5.52 Å². The molecule has 1 unspecified atom stereocenters. The first kappa shape index (κ1) is 15.9. The number of fused-ring (bicyclic) bond motifs is 1. The number of rotatable bonds is 2. The van der Waals surface area contributed by atoms with Crippen molar-refractivity contribution in [3.63, 3.8) is 0 Å². The fraction of sp³-hybridized carbons (Fsp3) is 0.238. The molecule has 0 spiro atoms. The summed E-state index contributed by atoms with van der Waals surface area (Å²) in [5.74, 6) is 0.793. The molecule has 1 atom stereocenters. The third kappa shape index (κ3) is 2.73. The minimum absolute atomic E-state index is 0.396. The van der Waals surface area contributed by atoms with Crippen LogP contribution in [-0.2, 0) is 0 Å². The van der Waals surface area contributed by atoms with Crippen LogP contribution >= 0.6 is 11.6 Å². The zero-order valence-corrected chi connectivity index (χ0v) is 14.8. The zero-order valence-electron chi connectivity index (χ0n) is 14.0. The highest BCUT2D eigenvalue weighted by atomic mass is 35.5. The molecule has 0 radical (unpaired) electrons. The number of pyridine rings is 1. The largest absolute Gasteiger partial charge is 0.353 e. The first-order valence-electron chi connectivity index (χ1n) is 8.54. The van der Waals surface area contributed by atoms with Crippen LogP contribution in [0.15, 0.2) is 48.5 Å². The Kier molecular flexibility index (Phi) is 4.07. The first-order valence-corrected chi connectivity index (χ1v) is 8.92. The molecule has 0 N–H and O–H groups in total. The van der Waals surface area contributed by atoms with E-state index in [0.717, 1.165) is 47.2 Å². The van der Waals surface area contributed by atoms with Gasteiger partial charge in [0.1, 0.15) is 17.5 Å². The van der Waals surface area contributed by atoms with Crippen molar-refractivity contribution in [2.75, 3.05) is 11.4 Å². The summed E-state index contributed by atoms with van der Waals surface area (Å²) < 4.78 is 0. The van der Waals surface area contributed by atoms with Crippen molar-refractivity contribution in [2.45, 2.75) is 25.8 Å². The number of nitriles is 1. The highest BCUT2D eigenvalue weighted by Crippen LogP contribution is 2.38. The summed E-state index contributed by atoms with van der Waals surface area (Å²) in [5.41, 5.74) is 3.44. The second-order valence-corrected chi connectivity index (χ2v) is 6.95. The van der Waals surface area contributed by atoms with E-state index < -0.39 is 0 Å². The van der Waals surface area contributed by atoms with Gasteiger partial charge in [0, 0.05) is 28.6 Å². The summed E-state index contributed by atoms with van der Waals surface area (Å²) in [7, 11) is 0. The fourth-order valence-electron chi connectivity index (χ4n) is 3.69. The van der Waals surface area contributed by atoms with Gasteiger partial charge in [0.25, 0.3) is 0 Å². The lowest BCUT2D eigenvalue weighted by molar-refractivity contribution is 0.728. The summed E-state index contributed by atoms with van der Waals surface area (Å²) in [6.45, 7) is 3.14. The van der Waals surface area contributed by atoms with Crippen molar-refractivity contribution in [3.05, 3.63) is 59.1 Å². The van der Waals surface area contributed by atoms with Crippen LogP contribution in [0.2, 0.25) is 5.02 Å². The van der Waals surface area contributed by atoms with Gasteiger partial charge in [-0.05, 0) is 43.5 Å². The molecule has 4 rings (SSSR count). The van der Waals surface area contributed by atoms with Crippen LogP contribution in [0, 0.1) is 11.3 Å². The number of benzene rings is 2. The number of aromatic nitrogens is 1.